The van der Waals surface area contributed by atoms with Crippen LogP contribution < -0.4 is 10.6 Å². The lowest BCUT2D eigenvalue weighted by Crippen LogP contribution is -2.56. The predicted octanol–water partition coefficient (Wildman–Crippen LogP) is 4.07. The highest BCUT2D eigenvalue weighted by Gasteiger charge is 2.33. The van der Waals surface area contributed by atoms with Gasteiger partial charge in [0.15, 0.2) is 0 Å². The first-order valence-electron chi connectivity index (χ1n) is 11.8. The minimum Gasteiger partial charge on any atom is -0.461 e. The zero-order chi connectivity index (χ0) is 23.0. The molecule has 0 aromatic heterocycles. The molecule has 0 saturated carbocycles. The average molecular weight is 425 g/mol. The SMILES string of the molecule is CCC(C)C1NC(=O)C(C(C)C)NC(=O)C(C)CC(C)CC(C)CCC(C)OC1=O. The van der Waals surface area contributed by atoms with Crippen molar-refractivity contribution in [3.05, 3.63) is 0 Å². The smallest absolute Gasteiger partial charge is 0.329 e. The van der Waals surface area contributed by atoms with E-state index < -0.39 is 12.1 Å². The third-order valence-corrected chi connectivity index (χ3v) is 6.40. The van der Waals surface area contributed by atoms with E-state index in [1.54, 1.807) is 0 Å². The first-order valence-corrected chi connectivity index (χ1v) is 11.8. The van der Waals surface area contributed by atoms with Crippen LogP contribution in [0.15, 0.2) is 0 Å². The number of carbonyl (C=O) groups excluding carboxylic acids is 3. The molecule has 6 heteroatoms. The van der Waals surface area contributed by atoms with Crippen molar-refractivity contribution < 1.29 is 19.1 Å². The quantitative estimate of drug-likeness (QED) is 0.669. The fourth-order valence-electron chi connectivity index (χ4n) is 4.20. The molecule has 1 aliphatic rings. The fourth-order valence-corrected chi connectivity index (χ4v) is 4.20. The van der Waals surface area contributed by atoms with E-state index in [4.69, 9.17) is 4.74 Å². The van der Waals surface area contributed by atoms with Gasteiger partial charge in [-0.2, -0.15) is 0 Å². The molecular weight excluding hydrogens is 380 g/mol. The van der Waals surface area contributed by atoms with Crippen LogP contribution in [0, 0.1) is 29.6 Å². The summed E-state index contributed by atoms with van der Waals surface area (Å²) in [6, 6.07) is -1.40. The Hall–Kier alpha value is -1.59. The van der Waals surface area contributed by atoms with Gasteiger partial charge in [0.2, 0.25) is 11.8 Å². The van der Waals surface area contributed by atoms with Crippen LogP contribution in [0.5, 0.6) is 0 Å². The molecule has 1 rings (SSSR count). The summed E-state index contributed by atoms with van der Waals surface area (Å²) in [5.74, 6) is -0.227. The van der Waals surface area contributed by atoms with E-state index in [0.717, 1.165) is 32.1 Å². The van der Waals surface area contributed by atoms with Crippen molar-refractivity contribution in [2.45, 2.75) is 106 Å². The van der Waals surface area contributed by atoms with Gasteiger partial charge in [-0.15, -0.1) is 0 Å². The number of cyclic esters (lactones) is 1. The fraction of sp³-hybridized carbons (Fsp3) is 0.875. The Balaban J connectivity index is 3.14. The van der Waals surface area contributed by atoms with Gasteiger partial charge in [0.25, 0.3) is 0 Å². The van der Waals surface area contributed by atoms with E-state index in [0.29, 0.717) is 11.8 Å². The van der Waals surface area contributed by atoms with Crippen molar-refractivity contribution in [2.24, 2.45) is 29.6 Å². The van der Waals surface area contributed by atoms with Gasteiger partial charge >= 0.3 is 5.97 Å². The summed E-state index contributed by atoms with van der Waals surface area (Å²) in [6.45, 7) is 16.0. The summed E-state index contributed by atoms with van der Waals surface area (Å²) < 4.78 is 5.70. The molecule has 6 nitrogen and oxygen atoms in total. The number of ether oxygens (including phenoxy) is 1. The van der Waals surface area contributed by atoms with Crippen molar-refractivity contribution in [1.29, 1.82) is 0 Å². The van der Waals surface area contributed by atoms with Crippen LogP contribution in [0.3, 0.4) is 0 Å². The average Bonchev–Trinajstić information content (AvgIpc) is 2.66. The maximum absolute atomic E-state index is 13.0. The zero-order valence-corrected chi connectivity index (χ0v) is 20.3. The van der Waals surface area contributed by atoms with Crippen molar-refractivity contribution in [2.75, 3.05) is 0 Å². The maximum atomic E-state index is 13.0. The molecule has 1 heterocycles. The standard InChI is InChI=1S/C24H44N2O4/c1-9-17(6)21-24(29)30-19(8)11-10-15(4)12-16(5)13-18(7)22(27)25-20(14(2)3)23(28)26-21/h14-21H,9-13H2,1-8H3,(H,25,27)(H,26,28). The molecule has 0 aromatic rings. The van der Waals surface area contributed by atoms with Gasteiger partial charge in [-0.25, -0.2) is 4.79 Å². The van der Waals surface area contributed by atoms with Gasteiger partial charge in [-0.1, -0.05) is 54.9 Å². The van der Waals surface area contributed by atoms with E-state index in [2.05, 4.69) is 24.5 Å². The topological polar surface area (TPSA) is 84.5 Å². The molecule has 1 aliphatic heterocycles. The van der Waals surface area contributed by atoms with Gasteiger partial charge in [0, 0.05) is 5.92 Å². The number of amides is 2. The zero-order valence-electron chi connectivity index (χ0n) is 20.3. The van der Waals surface area contributed by atoms with Crippen LogP contribution in [0.2, 0.25) is 0 Å². The van der Waals surface area contributed by atoms with Gasteiger partial charge in [0.1, 0.15) is 12.1 Å². The highest BCUT2D eigenvalue weighted by atomic mass is 16.5. The summed E-state index contributed by atoms with van der Waals surface area (Å²) in [5, 5.41) is 5.80. The molecule has 2 amide bonds. The Kier molecular flexibility index (Phi) is 10.9. The van der Waals surface area contributed by atoms with Gasteiger partial charge in [-0.3, -0.25) is 9.59 Å². The van der Waals surface area contributed by atoms with E-state index in [1.165, 1.54) is 0 Å². The molecule has 2 N–H and O–H groups in total. The Morgan fingerprint density at radius 3 is 2.03 bits per heavy atom. The summed E-state index contributed by atoms with van der Waals surface area (Å²) in [7, 11) is 0. The first-order chi connectivity index (χ1) is 14.0. The molecule has 30 heavy (non-hydrogen) atoms. The van der Waals surface area contributed by atoms with Crippen molar-refractivity contribution >= 4 is 17.8 Å². The van der Waals surface area contributed by atoms with Crippen LogP contribution in [0.4, 0.5) is 0 Å². The molecule has 7 unspecified atom stereocenters. The molecule has 0 radical (unpaired) electrons. The third kappa shape index (κ3) is 8.27. The minimum atomic E-state index is -0.717. The molecule has 0 aromatic carbocycles. The monoisotopic (exact) mass is 424 g/mol. The largest absolute Gasteiger partial charge is 0.461 e. The van der Waals surface area contributed by atoms with Crippen LogP contribution in [-0.4, -0.2) is 36.0 Å². The van der Waals surface area contributed by atoms with Crippen molar-refractivity contribution in [3.63, 3.8) is 0 Å². The molecule has 1 saturated heterocycles. The van der Waals surface area contributed by atoms with Gasteiger partial charge in [-0.05, 0) is 56.3 Å². The highest BCUT2D eigenvalue weighted by molar-refractivity contribution is 5.91. The maximum Gasteiger partial charge on any atom is 0.329 e. The molecule has 0 spiro atoms. The highest BCUT2D eigenvalue weighted by Crippen LogP contribution is 2.24. The van der Waals surface area contributed by atoms with Crippen molar-refractivity contribution in [3.8, 4) is 0 Å². The lowest BCUT2D eigenvalue weighted by atomic mass is 9.86. The summed E-state index contributed by atoms with van der Waals surface area (Å²) in [4.78, 5) is 38.7. The number of nitrogens with one attached hydrogen (secondary N) is 2. The second-order valence-corrected chi connectivity index (χ2v) is 10.0. The van der Waals surface area contributed by atoms with E-state index in [1.807, 2.05) is 41.5 Å². The Morgan fingerprint density at radius 2 is 1.47 bits per heavy atom. The summed E-state index contributed by atoms with van der Waals surface area (Å²) >= 11 is 0. The number of rotatable bonds is 3. The van der Waals surface area contributed by atoms with Crippen LogP contribution in [0.1, 0.15) is 87.5 Å². The summed E-state index contributed by atoms with van der Waals surface area (Å²) in [6.07, 6.45) is 4.13. The third-order valence-electron chi connectivity index (χ3n) is 6.40. The molecule has 0 aliphatic carbocycles. The molecule has 7 atom stereocenters. The predicted molar refractivity (Wildman–Crippen MR) is 120 cm³/mol. The van der Waals surface area contributed by atoms with E-state index >= 15 is 0 Å². The Bertz CT molecular complexity index is 578. The number of hydrogen-bond donors (Lipinski definition) is 2. The molecule has 1 fully saturated rings. The minimum absolute atomic E-state index is 0.0604. The van der Waals surface area contributed by atoms with Crippen LogP contribution in [-0.2, 0) is 19.1 Å². The first kappa shape index (κ1) is 26.4. The van der Waals surface area contributed by atoms with Crippen LogP contribution in [0.25, 0.3) is 0 Å². The van der Waals surface area contributed by atoms with Gasteiger partial charge in [0.05, 0.1) is 6.10 Å². The van der Waals surface area contributed by atoms with Crippen LogP contribution >= 0.6 is 0 Å². The second kappa shape index (κ2) is 12.3. The number of esters is 1. The second-order valence-electron chi connectivity index (χ2n) is 10.0. The molecular formula is C24H44N2O4. The summed E-state index contributed by atoms with van der Waals surface area (Å²) in [5.41, 5.74) is 0. The van der Waals surface area contributed by atoms with E-state index in [9.17, 15) is 14.4 Å². The molecule has 174 valence electrons. The lowest BCUT2D eigenvalue weighted by molar-refractivity contribution is -0.154. The number of carbonyl (C=O) groups is 3. The lowest BCUT2D eigenvalue weighted by Gasteiger charge is -2.30. The van der Waals surface area contributed by atoms with E-state index in [-0.39, 0.29) is 41.6 Å². The Labute approximate surface area is 183 Å². The normalized spacial score (nSPS) is 34.1. The molecule has 0 bridgehead atoms. The van der Waals surface area contributed by atoms with Crippen molar-refractivity contribution in [1.82, 2.24) is 10.6 Å². The van der Waals surface area contributed by atoms with Gasteiger partial charge < -0.3 is 15.4 Å². The number of hydrogen-bond acceptors (Lipinski definition) is 4. The Morgan fingerprint density at radius 1 is 0.867 bits per heavy atom.